The van der Waals surface area contributed by atoms with Gasteiger partial charge >= 0.3 is 0 Å². The van der Waals surface area contributed by atoms with Crippen molar-refractivity contribution in [1.82, 2.24) is 20.0 Å². The number of phenols is 1. The fourth-order valence-electron chi connectivity index (χ4n) is 9.34. The van der Waals surface area contributed by atoms with Crippen LogP contribution in [-0.4, -0.2) is 140 Å². The molecule has 17 N–H and O–H groups in total. The van der Waals surface area contributed by atoms with Gasteiger partial charge in [-0.2, -0.15) is 4.99 Å². The molecule has 1 amide bonds. The molecule has 3 aliphatic carbocycles. The van der Waals surface area contributed by atoms with E-state index >= 15 is 0 Å². The summed E-state index contributed by atoms with van der Waals surface area (Å²) in [4.78, 5) is 50.1. The summed E-state index contributed by atoms with van der Waals surface area (Å²) in [7, 11) is 3.06. The largest absolute Gasteiger partial charge is 0.508 e. The lowest BCUT2D eigenvalue weighted by Crippen LogP contribution is -2.67. The number of piperazine rings is 1. The number of fused-ring (bicyclic) bond motifs is 3. The van der Waals surface area contributed by atoms with Crippen molar-refractivity contribution in [3.05, 3.63) is 118 Å². The van der Waals surface area contributed by atoms with Gasteiger partial charge in [0, 0.05) is 65.8 Å². The Hall–Kier alpha value is -7.85. The predicted octanol–water partition coefficient (Wildman–Crippen LogP) is 1.22. The molecule has 1 aromatic heterocycles. The maximum Gasteiger partial charge on any atom is 0.259 e. The number of phenolic OH excluding ortho intramolecular Hbond substituents is 1. The Kier molecular flexibility index (Phi) is 13.0. The monoisotopic (exact) mass is 930 g/mol. The van der Waals surface area contributed by atoms with Crippen molar-refractivity contribution in [2.45, 2.75) is 30.6 Å². The summed E-state index contributed by atoms with van der Waals surface area (Å²) in [6.07, 6.45) is -0.226. The molecule has 356 valence electrons. The molecular formula is C47H54N12O9. The van der Waals surface area contributed by atoms with Gasteiger partial charge in [0.15, 0.2) is 17.3 Å². The number of aromatic hydroxyl groups is 1. The fraction of sp³-hybridized carbons (Fsp3) is 0.298. The van der Waals surface area contributed by atoms with Crippen molar-refractivity contribution in [2.24, 2.45) is 39.8 Å². The molecule has 2 heterocycles. The summed E-state index contributed by atoms with van der Waals surface area (Å²) in [6.45, 7) is 2.90. The highest BCUT2D eigenvalue weighted by Gasteiger charge is 2.66. The maximum atomic E-state index is 14.2. The number of amides is 1. The minimum absolute atomic E-state index is 0.0437. The van der Waals surface area contributed by atoms with Crippen LogP contribution in [0.2, 0.25) is 0 Å². The molecule has 0 bridgehead atoms. The number of furan rings is 1. The smallest absolute Gasteiger partial charge is 0.259 e. The summed E-state index contributed by atoms with van der Waals surface area (Å²) < 4.78 is 5.89. The number of carbonyl (C=O) groups is 3. The second-order valence-corrected chi connectivity index (χ2v) is 17.4. The minimum atomic E-state index is -2.80. The molecular weight excluding hydrogens is 877 g/mol. The quantitative estimate of drug-likeness (QED) is 0.0671. The molecule has 21 heteroatoms. The molecule has 4 aliphatic rings. The van der Waals surface area contributed by atoms with Gasteiger partial charge in [0.2, 0.25) is 11.7 Å². The highest BCUT2D eigenvalue weighted by Crippen LogP contribution is 2.57. The normalized spacial score (nSPS) is 23.4. The molecule has 5 unspecified atom stereocenters. The SMILES string of the molecule is CN(C)C1C(=O)C(C(=O)NCN2CCN(C(=N)N=C(N)N)CC2)=C(O)C2(O)C(=O)C3=C(O)c4c(O)cccc4C(C)(O)C3CC12.N=C(N)c1ccc(-c2ccc(-c3ccc(C(=N)N)cc3)o2)cc1. The number of guanidine groups is 2. The van der Waals surface area contributed by atoms with Crippen LogP contribution in [0.3, 0.4) is 0 Å². The number of Topliss-reactive ketones (excluding diaryl/α,β-unsaturated/α-hetero) is 2. The molecule has 2 fully saturated rings. The lowest BCUT2D eigenvalue weighted by Gasteiger charge is -2.53. The summed E-state index contributed by atoms with van der Waals surface area (Å²) in [5.41, 5.74) is 18.9. The Balaban J connectivity index is 0.000000248. The Morgan fingerprint density at radius 1 is 0.838 bits per heavy atom. The number of carbonyl (C=O) groups excluding carboxylic acids is 3. The van der Waals surface area contributed by atoms with E-state index in [1.54, 1.807) is 29.2 Å². The summed E-state index contributed by atoms with van der Waals surface area (Å²) in [6, 6.07) is 21.5. The Morgan fingerprint density at radius 3 is 1.88 bits per heavy atom. The lowest BCUT2D eigenvalue weighted by atomic mass is 9.54. The number of benzene rings is 3. The van der Waals surface area contributed by atoms with E-state index < -0.39 is 75.0 Å². The van der Waals surface area contributed by atoms with Crippen molar-refractivity contribution >= 4 is 46.8 Å². The number of ketones is 2. The Morgan fingerprint density at radius 2 is 1.38 bits per heavy atom. The van der Waals surface area contributed by atoms with Gasteiger partial charge in [0.05, 0.1) is 23.9 Å². The van der Waals surface area contributed by atoms with Gasteiger partial charge in [-0.15, -0.1) is 0 Å². The number of nitrogens with one attached hydrogen (secondary N) is 4. The van der Waals surface area contributed by atoms with Crippen molar-refractivity contribution in [3.8, 4) is 28.4 Å². The summed E-state index contributed by atoms with van der Waals surface area (Å²) in [5.74, 6) is -6.42. The number of aliphatic hydroxyl groups excluding tert-OH is 2. The number of nitrogens with two attached hydrogens (primary N) is 4. The fourth-order valence-corrected chi connectivity index (χ4v) is 9.34. The zero-order valence-electron chi connectivity index (χ0n) is 37.4. The van der Waals surface area contributed by atoms with Crippen LogP contribution in [-0.2, 0) is 20.0 Å². The van der Waals surface area contributed by atoms with Crippen molar-refractivity contribution < 1.29 is 44.3 Å². The van der Waals surface area contributed by atoms with Gasteiger partial charge in [-0.3, -0.25) is 40.4 Å². The van der Waals surface area contributed by atoms with E-state index in [1.165, 1.54) is 44.1 Å². The summed E-state index contributed by atoms with van der Waals surface area (Å²) in [5, 5.41) is 82.2. The number of hydrogen-bond donors (Lipinski definition) is 13. The molecule has 68 heavy (non-hydrogen) atoms. The van der Waals surface area contributed by atoms with Crippen LogP contribution >= 0.6 is 0 Å². The van der Waals surface area contributed by atoms with Gasteiger partial charge in [-0.1, -0.05) is 60.7 Å². The molecule has 21 nitrogen and oxygen atoms in total. The number of aliphatic imine (C=N–C) groups is 1. The van der Waals surface area contributed by atoms with Crippen LogP contribution in [0.5, 0.6) is 5.75 Å². The van der Waals surface area contributed by atoms with Gasteiger partial charge in [-0.25, -0.2) is 0 Å². The van der Waals surface area contributed by atoms with Gasteiger partial charge in [0.25, 0.3) is 5.91 Å². The highest BCUT2D eigenvalue weighted by atomic mass is 16.4. The number of aliphatic hydroxyl groups is 4. The molecule has 5 atom stereocenters. The van der Waals surface area contributed by atoms with Crippen LogP contribution in [0.4, 0.5) is 0 Å². The molecule has 0 spiro atoms. The maximum absolute atomic E-state index is 14.2. The third kappa shape index (κ3) is 8.65. The number of hydrogen-bond acceptors (Lipinski definition) is 14. The third-order valence-electron chi connectivity index (χ3n) is 12.9. The predicted molar refractivity (Wildman–Crippen MR) is 252 cm³/mol. The molecule has 3 aromatic carbocycles. The number of amidine groups is 2. The Bertz CT molecular complexity index is 2730. The molecule has 1 saturated heterocycles. The van der Waals surface area contributed by atoms with E-state index in [9.17, 15) is 39.9 Å². The number of rotatable bonds is 8. The van der Waals surface area contributed by atoms with Crippen LogP contribution in [0.15, 0.2) is 105 Å². The number of likely N-dealkylation sites (N-methyl/N-ethyl adjacent to an activating group) is 1. The average molecular weight is 931 g/mol. The first-order chi connectivity index (χ1) is 32.1. The summed E-state index contributed by atoms with van der Waals surface area (Å²) >= 11 is 0. The van der Waals surface area contributed by atoms with Crippen molar-refractivity contribution in [2.75, 3.05) is 46.9 Å². The molecule has 0 radical (unpaired) electrons. The van der Waals surface area contributed by atoms with E-state index in [0.29, 0.717) is 37.3 Å². The zero-order chi connectivity index (χ0) is 49.6. The number of nitrogens with zero attached hydrogens (tertiary/aromatic N) is 4. The molecule has 1 aliphatic heterocycles. The third-order valence-corrected chi connectivity index (χ3v) is 12.9. The minimum Gasteiger partial charge on any atom is -0.508 e. The lowest BCUT2D eigenvalue weighted by molar-refractivity contribution is -0.159. The average Bonchev–Trinajstić information content (AvgIpc) is 3.79. The zero-order valence-corrected chi connectivity index (χ0v) is 37.4. The molecule has 1 saturated carbocycles. The highest BCUT2D eigenvalue weighted by molar-refractivity contribution is 6.25. The molecule has 8 rings (SSSR count). The van der Waals surface area contributed by atoms with E-state index in [4.69, 9.17) is 43.6 Å². The standard InChI is InChI=1S/C29H38N8O8.C18H16N4O/c1-28(44)13-5-4-6-16(38)17(13)21(39)18-14(28)11-15-20(35(2)3)22(40)19(24(42)29(15,45)23(18)41)25(43)33-12-36-7-9-37(10-8-36)27(32)34-26(30)31;19-17(20)13-5-1-11(2-6-13)15-9-10-16(23-15)12-3-7-14(8-4-12)18(21)22/h4-6,14-15,20,38-39,42,44-45H,7-12H2,1-3H3,(H,33,43)(H5,30,31,32,34);1-10H,(H3,19,20)(H3,21,22). The van der Waals surface area contributed by atoms with Crippen LogP contribution in [0.1, 0.15) is 35.6 Å². The van der Waals surface area contributed by atoms with E-state index in [1.807, 2.05) is 41.3 Å². The second kappa shape index (κ2) is 18.4. The van der Waals surface area contributed by atoms with E-state index in [2.05, 4.69) is 10.3 Å². The van der Waals surface area contributed by atoms with Crippen LogP contribution in [0, 0.1) is 28.1 Å². The first kappa shape index (κ1) is 48.1. The van der Waals surface area contributed by atoms with Crippen LogP contribution in [0.25, 0.3) is 28.4 Å². The van der Waals surface area contributed by atoms with E-state index in [0.717, 1.165) is 22.6 Å². The van der Waals surface area contributed by atoms with Gasteiger partial charge < -0.3 is 63.1 Å². The topological polar surface area (TPSA) is 375 Å². The van der Waals surface area contributed by atoms with Gasteiger partial charge in [0.1, 0.15) is 46.0 Å². The number of nitrogen functional groups attached to an aromatic ring is 2. The van der Waals surface area contributed by atoms with Crippen LogP contribution < -0.4 is 28.3 Å². The van der Waals surface area contributed by atoms with Crippen molar-refractivity contribution in [3.63, 3.8) is 0 Å². The van der Waals surface area contributed by atoms with Crippen molar-refractivity contribution in [1.29, 1.82) is 16.2 Å². The van der Waals surface area contributed by atoms with E-state index in [-0.39, 0.29) is 47.8 Å². The first-order valence-corrected chi connectivity index (χ1v) is 21.4. The first-order valence-electron chi connectivity index (χ1n) is 21.4. The second-order valence-electron chi connectivity index (χ2n) is 17.4. The van der Waals surface area contributed by atoms with Gasteiger partial charge in [-0.05, 0) is 51.2 Å². The molecule has 4 aromatic rings. The Labute approximate surface area is 390 Å².